The minimum Gasteiger partial charge on any atom is -1.00 e. The van der Waals surface area contributed by atoms with E-state index in [-0.39, 0.29) is 24.8 Å². The van der Waals surface area contributed by atoms with E-state index < -0.39 is 11.7 Å². The molecule has 3 aliphatic rings. The number of fused-ring (bicyclic) bond motifs is 3. The molecule has 2 bridgehead atoms. The van der Waals surface area contributed by atoms with Crippen molar-refractivity contribution >= 4 is 17.6 Å². The quantitative estimate of drug-likeness (QED) is 0.409. The summed E-state index contributed by atoms with van der Waals surface area (Å²) < 4.78 is 6.26. The molecule has 29 heavy (non-hydrogen) atoms. The van der Waals surface area contributed by atoms with Crippen molar-refractivity contribution in [3.05, 3.63) is 46.5 Å². The van der Waals surface area contributed by atoms with Gasteiger partial charge in [0, 0.05) is 17.9 Å². The molecule has 4 rings (SSSR count). The van der Waals surface area contributed by atoms with E-state index in [9.17, 15) is 9.90 Å². The van der Waals surface area contributed by atoms with Crippen LogP contribution in [0.2, 0.25) is 5.02 Å². The van der Waals surface area contributed by atoms with E-state index in [1.165, 1.54) is 24.0 Å². The van der Waals surface area contributed by atoms with Gasteiger partial charge in [-0.15, -0.1) is 0 Å². The lowest BCUT2D eigenvalue weighted by molar-refractivity contribution is -0.938. The molecule has 1 unspecified atom stereocenters. The zero-order chi connectivity index (χ0) is 20.4. The summed E-state index contributed by atoms with van der Waals surface area (Å²) in [4.78, 5) is 12.1. The summed E-state index contributed by atoms with van der Waals surface area (Å²) in [6, 6.07) is 8.03. The van der Waals surface area contributed by atoms with Crippen molar-refractivity contribution in [2.45, 2.75) is 58.2 Å². The summed E-state index contributed by atoms with van der Waals surface area (Å²) >= 11 is 5.98. The van der Waals surface area contributed by atoms with Crippen molar-refractivity contribution in [2.24, 2.45) is 5.92 Å². The molecule has 162 valence electrons. The fraction of sp³-hybridized carbons (Fsp3) is 0.609. The molecule has 0 aliphatic carbocycles. The Morgan fingerprint density at radius 2 is 1.90 bits per heavy atom. The van der Waals surface area contributed by atoms with Gasteiger partial charge in [-0.25, -0.2) is 0 Å². The zero-order valence-electron chi connectivity index (χ0n) is 17.7. The molecule has 0 radical (unpaired) electrons. The number of allylic oxidation sites excluding steroid dienone is 1. The zero-order valence-corrected chi connectivity index (χ0v) is 19.2. The molecule has 0 amide bonds. The number of halogens is 2. The smallest absolute Gasteiger partial charge is 0.309 e. The lowest BCUT2D eigenvalue weighted by Gasteiger charge is -2.51. The Morgan fingerprint density at radius 3 is 2.48 bits per heavy atom. The monoisotopic (exact) mass is 441 g/mol. The van der Waals surface area contributed by atoms with Crippen molar-refractivity contribution in [3.63, 3.8) is 0 Å². The molecule has 0 aromatic heterocycles. The first-order valence-corrected chi connectivity index (χ1v) is 10.7. The van der Waals surface area contributed by atoms with Crippen LogP contribution in [0.3, 0.4) is 0 Å². The van der Waals surface area contributed by atoms with Crippen LogP contribution in [0.1, 0.15) is 45.6 Å². The maximum atomic E-state index is 12.1. The van der Waals surface area contributed by atoms with Crippen LogP contribution in [0.15, 0.2) is 35.9 Å². The second-order valence-electron chi connectivity index (χ2n) is 9.46. The van der Waals surface area contributed by atoms with Crippen LogP contribution in [0.4, 0.5) is 0 Å². The Bertz CT molecular complexity index is 717. The molecule has 6 heteroatoms. The van der Waals surface area contributed by atoms with Crippen LogP contribution in [0.5, 0.6) is 0 Å². The maximum Gasteiger partial charge on any atom is 0.309 e. The Balaban J connectivity index is 0.00000300. The van der Waals surface area contributed by atoms with Gasteiger partial charge in [0.05, 0.1) is 19.5 Å². The largest absolute Gasteiger partial charge is 1.00 e. The highest BCUT2D eigenvalue weighted by Gasteiger charge is 2.43. The van der Waals surface area contributed by atoms with E-state index in [0.717, 1.165) is 35.6 Å². The lowest BCUT2D eigenvalue weighted by Crippen LogP contribution is -3.00. The molecule has 4 nitrogen and oxygen atoms in total. The van der Waals surface area contributed by atoms with E-state index >= 15 is 0 Å². The van der Waals surface area contributed by atoms with Gasteiger partial charge in [0.25, 0.3) is 0 Å². The fourth-order valence-corrected chi connectivity index (χ4v) is 4.72. The van der Waals surface area contributed by atoms with Gasteiger partial charge in [0.1, 0.15) is 24.8 Å². The number of carbonyl (C=O) groups excluding carboxylic acids is 1. The Kier molecular flexibility index (Phi) is 8.20. The van der Waals surface area contributed by atoms with Crippen molar-refractivity contribution < 1.29 is 31.5 Å². The van der Waals surface area contributed by atoms with Crippen molar-refractivity contribution in [3.8, 4) is 0 Å². The van der Waals surface area contributed by atoms with Gasteiger partial charge in [-0.05, 0) is 56.4 Å². The number of esters is 1. The molecule has 1 aromatic carbocycles. The third-order valence-electron chi connectivity index (χ3n) is 5.88. The molecule has 1 atom stereocenters. The van der Waals surface area contributed by atoms with Crippen LogP contribution < -0.4 is 12.4 Å². The van der Waals surface area contributed by atoms with Crippen LogP contribution in [-0.2, 0) is 16.0 Å². The minimum absolute atomic E-state index is 0. The minimum atomic E-state index is -0.651. The highest BCUT2D eigenvalue weighted by Crippen LogP contribution is 2.38. The third kappa shape index (κ3) is 6.99. The van der Waals surface area contributed by atoms with Crippen molar-refractivity contribution in [2.75, 3.05) is 26.2 Å². The summed E-state index contributed by atoms with van der Waals surface area (Å²) in [5.74, 6) is 0.360. The number of hydrogen-bond acceptors (Lipinski definition) is 3. The van der Waals surface area contributed by atoms with Gasteiger partial charge >= 0.3 is 5.97 Å². The van der Waals surface area contributed by atoms with Gasteiger partial charge in [-0.1, -0.05) is 29.8 Å². The first-order chi connectivity index (χ1) is 13.1. The topological polar surface area (TPSA) is 46.5 Å². The molecular formula is C23H33Cl2NO3. The highest BCUT2D eigenvalue weighted by molar-refractivity contribution is 6.30. The average Bonchev–Trinajstić information content (AvgIpc) is 2.60. The number of piperidine rings is 3. The van der Waals surface area contributed by atoms with E-state index in [1.807, 2.05) is 32.9 Å². The number of nitrogens with zero attached hydrogens (tertiary/aromatic N) is 1. The molecule has 1 aromatic rings. The normalized spacial score (nSPS) is 26.1. The summed E-state index contributed by atoms with van der Waals surface area (Å²) in [6.07, 6.45) is 5.06. The van der Waals surface area contributed by atoms with Gasteiger partial charge in [0.2, 0.25) is 0 Å². The van der Waals surface area contributed by atoms with Gasteiger partial charge in [0.15, 0.2) is 0 Å². The predicted octanol–water partition coefficient (Wildman–Crippen LogP) is 1.15. The van der Waals surface area contributed by atoms with Crippen molar-refractivity contribution in [1.82, 2.24) is 0 Å². The Labute approximate surface area is 185 Å². The first-order valence-electron chi connectivity index (χ1n) is 10.3. The van der Waals surface area contributed by atoms with Crippen LogP contribution >= 0.6 is 11.6 Å². The number of benzene rings is 1. The summed E-state index contributed by atoms with van der Waals surface area (Å²) in [5, 5.41) is 11.3. The lowest BCUT2D eigenvalue weighted by atomic mass is 9.80. The number of quaternary nitrogens is 1. The van der Waals surface area contributed by atoms with Gasteiger partial charge < -0.3 is 26.7 Å². The van der Waals surface area contributed by atoms with E-state index in [0.29, 0.717) is 12.5 Å². The molecule has 1 N–H and O–H groups in total. The SMILES string of the molecule is CC(C)(C)OC(=O)CC(O)C[N+]12CCC(CC1)C(=CCc1ccc(Cl)cc1)C2.[Cl-]. The number of ether oxygens (including phenoxy) is 1. The van der Waals surface area contributed by atoms with E-state index in [1.54, 1.807) is 0 Å². The Hall–Kier alpha value is -1.07. The van der Waals surface area contributed by atoms with Crippen LogP contribution in [0.25, 0.3) is 0 Å². The number of carbonyl (C=O) groups is 1. The third-order valence-corrected chi connectivity index (χ3v) is 6.13. The summed E-state index contributed by atoms with van der Waals surface area (Å²) in [6.45, 7) is 9.36. The number of aliphatic hydroxyl groups is 1. The molecular weight excluding hydrogens is 409 g/mol. The average molecular weight is 442 g/mol. The number of rotatable bonds is 6. The molecule has 0 spiro atoms. The number of aliphatic hydroxyl groups excluding tert-OH is 1. The molecule has 3 fully saturated rings. The Morgan fingerprint density at radius 1 is 1.28 bits per heavy atom. The second kappa shape index (κ2) is 9.82. The molecule has 0 saturated carbocycles. The van der Waals surface area contributed by atoms with Crippen LogP contribution in [0, 0.1) is 5.92 Å². The van der Waals surface area contributed by atoms with E-state index in [2.05, 4.69) is 18.2 Å². The molecule has 3 aliphatic heterocycles. The summed E-state index contributed by atoms with van der Waals surface area (Å²) in [7, 11) is 0. The van der Waals surface area contributed by atoms with Gasteiger partial charge in [-0.3, -0.25) is 4.79 Å². The fourth-order valence-electron chi connectivity index (χ4n) is 4.60. The maximum absolute atomic E-state index is 12.1. The molecule has 3 saturated heterocycles. The van der Waals surface area contributed by atoms with Crippen molar-refractivity contribution in [1.29, 1.82) is 0 Å². The number of hydrogen-bond donors (Lipinski definition) is 1. The summed E-state index contributed by atoms with van der Waals surface area (Å²) in [5.41, 5.74) is 2.27. The predicted molar refractivity (Wildman–Crippen MR) is 112 cm³/mol. The standard InChI is InChI=1S/C23H33ClNO3.ClH/c1-23(2,3)28-22(27)14-21(26)16-25-12-10-18(11-13-25)19(15-25)7-4-17-5-8-20(24)9-6-17;/h5-9,18,21,26H,4,10-16H2,1-3H3;1H/q+1;/p-1. The second-order valence-corrected chi connectivity index (χ2v) is 9.89. The van der Waals surface area contributed by atoms with E-state index in [4.69, 9.17) is 16.3 Å². The van der Waals surface area contributed by atoms with Crippen LogP contribution in [-0.4, -0.2) is 53.4 Å². The molecule has 3 heterocycles. The van der Waals surface area contributed by atoms with Gasteiger partial charge in [-0.2, -0.15) is 0 Å². The first kappa shape index (κ1) is 24.2. The highest BCUT2D eigenvalue weighted by atomic mass is 35.5.